The van der Waals surface area contributed by atoms with Crippen molar-refractivity contribution >= 4 is 17.1 Å². The first kappa shape index (κ1) is 20.4. The molecule has 0 aliphatic heterocycles. The van der Waals surface area contributed by atoms with E-state index in [0.717, 1.165) is 40.1 Å². The molecule has 0 unspecified atom stereocenters. The molecule has 0 saturated heterocycles. The molecule has 0 aliphatic rings. The second-order valence-electron chi connectivity index (χ2n) is 7.49. The fraction of sp³-hybridized carbons (Fsp3) is 0. The third kappa shape index (κ3) is 5.05. The quantitative estimate of drug-likeness (QED) is 0.258. The third-order valence-corrected chi connectivity index (χ3v) is 5.16. The third-order valence-electron chi connectivity index (χ3n) is 5.16. The van der Waals surface area contributed by atoms with Gasteiger partial charge in [-0.1, -0.05) is 54.6 Å². The minimum Gasteiger partial charge on any atom is -0.457 e. The minimum atomic E-state index is 0.796. The van der Waals surface area contributed by atoms with Gasteiger partial charge in [-0.15, -0.1) is 0 Å². The Morgan fingerprint density at radius 3 is 1.00 bits per heavy atom. The van der Waals surface area contributed by atoms with Gasteiger partial charge in [0, 0.05) is 17.1 Å². The lowest BCUT2D eigenvalue weighted by molar-refractivity contribution is 0.482. The Hall–Kier alpha value is -4.50. The lowest BCUT2D eigenvalue weighted by Crippen LogP contribution is -2.09. The van der Waals surface area contributed by atoms with Crippen LogP contribution in [0.4, 0.5) is 17.1 Å². The van der Waals surface area contributed by atoms with E-state index < -0.39 is 0 Å². The molecule has 0 fully saturated rings. The SMILES string of the molecule is c1ccc(Oc2ccc(N(c3ccccc3)c3ccc(Oc4ccccc4)cc3)cc2)cc1. The van der Waals surface area contributed by atoms with Gasteiger partial charge < -0.3 is 14.4 Å². The van der Waals surface area contributed by atoms with E-state index in [0.29, 0.717) is 0 Å². The summed E-state index contributed by atoms with van der Waals surface area (Å²) in [5, 5.41) is 0. The zero-order valence-corrected chi connectivity index (χ0v) is 18.0. The van der Waals surface area contributed by atoms with Crippen LogP contribution in [0.5, 0.6) is 23.0 Å². The van der Waals surface area contributed by atoms with E-state index in [4.69, 9.17) is 9.47 Å². The number of rotatable bonds is 7. The Kier molecular flexibility index (Phi) is 6.03. The van der Waals surface area contributed by atoms with Crippen LogP contribution in [-0.2, 0) is 0 Å². The smallest absolute Gasteiger partial charge is 0.127 e. The highest BCUT2D eigenvalue weighted by Crippen LogP contribution is 2.36. The lowest BCUT2D eigenvalue weighted by Gasteiger charge is -2.25. The summed E-state index contributed by atoms with van der Waals surface area (Å²) in [5.74, 6) is 3.23. The van der Waals surface area contributed by atoms with E-state index in [1.54, 1.807) is 0 Å². The van der Waals surface area contributed by atoms with Gasteiger partial charge in [0.05, 0.1) is 0 Å². The standard InChI is InChI=1S/C30H23NO2/c1-4-10-24(11-5-1)31(25-16-20-29(21-17-25)32-27-12-6-2-7-13-27)26-18-22-30(23-19-26)33-28-14-8-3-9-15-28/h1-23H. The topological polar surface area (TPSA) is 21.7 Å². The molecular formula is C30H23NO2. The molecule has 5 aromatic rings. The fourth-order valence-electron chi connectivity index (χ4n) is 3.60. The van der Waals surface area contributed by atoms with Crippen molar-refractivity contribution in [3.63, 3.8) is 0 Å². The molecule has 0 atom stereocenters. The molecule has 5 rings (SSSR count). The molecule has 33 heavy (non-hydrogen) atoms. The predicted octanol–water partition coefficient (Wildman–Crippen LogP) is 8.74. The van der Waals surface area contributed by atoms with Gasteiger partial charge in [0.2, 0.25) is 0 Å². The Labute approximate surface area is 194 Å². The number of hydrogen-bond donors (Lipinski definition) is 0. The highest BCUT2D eigenvalue weighted by molar-refractivity contribution is 5.76. The van der Waals surface area contributed by atoms with E-state index in [-0.39, 0.29) is 0 Å². The average molecular weight is 430 g/mol. The molecule has 0 amide bonds. The van der Waals surface area contributed by atoms with Crippen molar-refractivity contribution in [1.29, 1.82) is 0 Å². The van der Waals surface area contributed by atoms with Crippen LogP contribution in [0.3, 0.4) is 0 Å². The van der Waals surface area contributed by atoms with Crippen molar-refractivity contribution in [2.24, 2.45) is 0 Å². The first-order valence-electron chi connectivity index (χ1n) is 10.9. The molecule has 0 radical (unpaired) electrons. The minimum absolute atomic E-state index is 0.796. The van der Waals surface area contributed by atoms with Crippen LogP contribution in [-0.4, -0.2) is 0 Å². The van der Waals surface area contributed by atoms with Crippen molar-refractivity contribution in [3.8, 4) is 23.0 Å². The number of para-hydroxylation sites is 3. The van der Waals surface area contributed by atoms with Gasteiger partial charge in [-0.2, -0.15) is 0 Å². The molecular weight excluding hydrogens is 406 g/mol. The normalized spacial score (nSPS) is 10.4. The summed E-state index contributed by atoms with van der Waals surface area (Å²) < 4.78 is 11.9. The molecule has 160 valence electrons. The molecule has 3 heteroatoms. The Morgan fingerprint density at radius 1 is 0.303 bits per heavy atom. The van der Waals surface area contributed by atoms with Crippen LogP contribution in [0.25, 0.3) is 0 Å². The van der Waals surface area contributed by atoms with Gasteiger partial charge in [0.1, 0.15) is 23.0 Å². The Balaban J connectivity index is 1.42. The van der Waals surface area contributed by atoms with Crippen LogP contribution in [0.1, 0.15) is 0 Å². The average Bonchev–Trinajstić information content (AvgIpc) is 2.88. The molecule has 0 N–H and O–H groups in total. The van der Waals surface area contributed by atoms with Crippen LogP contribution < -0.4 is 14.4 Å². The first-order chi connectivity index (χ1) is 16.3. The maximum atomic E-state index is 5.96. The number of anilines is 3. The van der Waals surface area contributed by atoms with E-state index >= 15 is 0 Å². The molecule has 0 bridgehead atoms. The highest BCUT2D eigenvalue weighted by atomic mass is 16.5. The van der Waals surface area contributed by atoms with E-state index in [2.05, 4.69) is 41.3 Å². The van der Waals surface area contributed by atoms with Crippen LogP contribution in [0.2, 0.25) is 0 Å². The van der Waals surface area contributed by atoms with Gasteiger partial charge in [-0.3, -0.25) is 0 Å². The molecule has 0 heterocycles. The van der Waals surface area contributed by atoms with Gasteiger partial charge in [-0.25, -0.2) is 0 Å². The second-order valence-corrected chi connectivity index (χ2v) is 7.49. The molecule has 0 aromatic heterocycles. The van der Waals surface area contributed by atoms with Crippen molar-refractivity contribution < 1.29 is 9.47 Å². The fourth-order valence-corrected chi connectivity index (χ4v) is 3.60. The largest absolute Gasteiger partial charge is 0.457 e. The van der Waals surface area contributed by atoms with Crippen LogP contribution >= 0.6 is 0 Å². The highest BCUT2D eigenvalue weighted by Gasteiger charge is 2.13. The zero-order valence-electron chi connectivity index (χ0n) is 18.0. The summed E-state index contributed by atoms with van der Waals surface area (Å²) in [6.07, 6.45) is 0. The molecule has 0 saturated carbocycles. The Bertz CT molecular complexity index is 1190. The summed E-state index contributed by atoms with van der Waals surface area (Å²) in [4.78, 5) is 2.21. The van der Waals surface area contributed by atoms with Crippen molar-refractivity contribution in [3.05, 3.63) is 140 Å². The maximum absolute atomic E-state index is 5.96. The summed E-state index contributed by atoms with van der Waals surface area (Å²) in [6.45, 7) is 0. The van der Waals surface area contributed by atoms with Gasteiger partial charge >= 0.3 is 0 Å². The molecule has 0 aliphatic carbocycles. The summed E-state index contributed by atoms with van der Waals surface area (Å²) in [6, 6.07) is 46.2. The summed E-state index contributed by atoms with van der Waals surface area (Å²) >= 11 is 0. The molecule has 3 nitrogen and oxygen atoms in total. The number of nitrogens with zero attached hydrogens (tertiary/aromatic N) is 1. The number of ether oxygens (including phenoxy) is 2. The van der Waals surface area contributed by atoms with Crippen molar-refractivity contribution in [2.75, 3.05) is 4.90 Å². The summed E-state index contributed by atoms with van der Waals surface area (Å²) in [7, 11) is 0. The Morgan fingerprint density at radius 2 is 0.606 bits per heavy atom. The summed E-state index contributed by atoms with van der Waals surface area (Å²) in [5.41, 5.74) is 3.16. The number of hydrogen-bond acceptors (Lipinski definition) is 3. The van der Waals surface area contributed by atoms with E-state index in [1.807, 2.05) is 103 Å². The monoisotopic (exact) mass is 429 g/mol. The van der Waals surface area contributed by atoms with Crippen molar-refractivity contribution in [2.45, 2.75) is 0 Å². The van der Waals surface area contributed by atoms with E-state index in [9.17, 15) is 0 Å². The first-order valence-corrected chi connectivity index (χ1v) is 10.9. The maximum Gasteiger partial charge on any atom is 0.127 e. The molecule has 5 aromatic carbocycles. The zero-order chi connectivity index (χ0) is 22.3. The lowest BCUT2D eigenvalue weighted by atomic mass is 10.2. The van der Waals surface area contributed by atoms with Gasteiger partial charge in [-0.05, 0) is 84.9 Å². The van der Waals surface area contributed by atoms with Gasteiger partial charge in [0.15, 0.2) is 0 Å². The molecule has 0 spiro atoms. The number of benzene rings is 5. The van der Waals surface area contributed by atoms with Gasteiger partial charge in [0.25, 0.3) is 0 Å². The second kappa shape index (κ2) is 9.75. The predicted molar refractivity (Wildman–Crippen MR) is 134 cm³/mol. The van der Waals surface area contributed by atoms with Crippen LogP contribution in [0.15, 0.2) is 140 Å². The van der Waals surface area contributed by atoms with Crippen LogP contribution in [0, 0.1) is 0 Å². The van der Waals surface area contributed by atoms with Crippen molar-refractivity contribution in [1.82, 2.24) is 0 Å². The van der Waals surface area contributed by atoms with E-state index in [1.165, 1.54) is 0 Å².